The van der Waals surface area contributed by atoms with Crippen LogP contribution in [0.4, 0.5) is 0 Å². The lowest BCUT2D eigenvalue weighted by atomic mass is 9.99. The second-order valence-electron chi connectivity index (χ2n) is 5.14. The molecule has 0 aromatic heterocycles. The van der Waals surface area contributed by atoms with Crippen LogP contribution in [-0.2, 0) is 9.84 Å². The van der Waals surface area contributed by atoms with E-state index in [2.05, 4.69) is 0 Å². The lowest BCUT2D eigenvalue weighted by molar-refractivity contribution is 0.414. The van der Waals surface area contributed by atoms with E-state index in [1.165, 1.54) is 6.26 Å². The van der Waals surface area contributed by atoms with Crippen molar-refractivity contribution in [1.82, 2.24) is 0 Å². The number of benzene rings is 1. The number of ether oxygens (including phenoxy) is 1. The molecule has 106 valence electrons. The first-order valence-electron chi connectivity index (χ1n) is 6.13. The number of hydrogen-bond acceptors (Lipinski definition) is 5. The first-order valence-corrected chi connectivity index (χ1v) is 8.09. The minimum Gasteiger partial charge on any atom is -0.497 e. The van der Waals surface area contributed by atoms with Crippen molar-refractivity contribution in [1.29, 1.82) is 0 Å². The molecule has 1 aromatic carbocycles. The van der Waals surface area contributed by atoms with E-state index in [-0.39, 0.29) is 19.0 Å². The van der Waals surface area contributed by atoms with Gasteiger partial charge in [0.1, 0.15) is 5.75 Å². The fourth-order valence-electron chi connectivity index (χ4n) is 3.01. The minimum atomic E-state index is -3.17. The van der Waals surface area contributed by atoms with Gasteiger partial charge in [0.15, 0.2) is 9.84 Å². The summed E-state index contributed by atoms with van der Waals surface area (Å²) in [5, 5.41) is -0.483. The molecule has 1 aromatic rings. The number of nitrogens with two attached hydrogens (primary N) is 2. The SMILES string of the molecule is COc1ccc([C@H]2[C@H](S(C)(=O)=O)C2(CN)CN)cc1. The molecule has 2 rings (SSSR count). The lowest BCUT2D eigenvalue weighted by Gasteiger charge is -2.12. The number of rotatable bonds is 5. The molecule has 19 heavy (non-hydrogen) atoms. The molecule has 6 heteroatoms. The van der Waals surface area contributed by atoms with Crippen molar-refractivity contribution in [3.05, 3.63) is 29.8 Å². The molecule has 1 fully saturated rings. The summed E-state index contributed by atoms with van der Waals surface area (Å²) in [7, 11) is -1.57. The Labute approximate surface area is 113 Å². The first-order chi connectivity index (χ1) is 8.90. The van der Waals surface area contributed by atoms with Crippen molar-refractivity contribution < 1.29 is 13.2 Å². The Morgan fingerprint density at radius 3 is 2.05 bits per heavy atom. The molecule has 1 aliphatic rings. The number of hydrogen-bond donors (Lipinski definition) is 2. The zero-order chi connectivity index (χ0) is 14.3. The van der Waals surface area contributed by atoms with Crippen molar-refractivity contribution >= 4 is 9.84 Å². The largest absolute Gasteiger partial charge is 0.497 e. The van der Waals surface area contributed by atoms with Gasteiger partial charge >= 0.3 is 0 Å². The predicted octanol–water partition coefficient (Wildman–Crippen LogP) is 0.109. The van der Waals surface area contributed by atoms with Crippen LogP contribution in [-0.4, -0.2) is 40.1 Å². The third kappa shape index (κ3) is 2.24. The fourth-order valence-corrected chi connectivity index (χ4v) is 5.05. The Balaban J connectivity index is 2.37. The molecule has 0 radical (unpaired) electrons. The Morgan fingerprint density at radius 2 is 1.74 bits per heavy atom. The van der Waals surface area contributed by atoms with Crippen LogP contribution < -0.4 is 16.2 Å². The summed E-state index contributed by atoms with van der Waals surface area (Å²) in [5.74, 6) is 0.620. The van der Waals surface area contributed by atoms with Crippen molar-refractivity contribution in [3.8, 4) is 5.75 Å². The maximum Gasteiger partial charge on any atom is 0.151 e. The molecule has 1 saturated carbocycles. The van der Waals surface area contributed by atoms with Crippen LogP contribution >= 0.6 is 0 Å². The van der Waals surface area contributed by atoms with Gasteiger partial charge < -0.3 is 16.2 Å². The molecule has 0 amide bonds. The summed E-state index contributed by atoms with van der Waals surface area (Å²) < 4.78 is 28.9. The smallest absolute Gasteiger partial charge is 0.151 e. The average molecular weight is 284 g/mol. The zero-order valence-corrected chi connectivity index (χ0v) is 12.0. The second-order valence-corrected chi connectivity index (χ2v) is 7.31. The van der Waals surface area contributed by atoms with Crippen molar-refractivity contribution in [3.63, 3.8) is 0 Å². The van der Waals surface area contributed by atoms with Gasteiger partial charge in [-0.05, 0) is 17.7 Å². The Hall–Kier alpha value is -1.11. The van der Waals surface area contributed by atoms with Gasteiger partial charge in [-0.2, -0.15) is 0 Å². The first kappa shape index (κ1) is 14.3. The van der Waals surface area contributed by atoms with Gasteiger partial charge in [-0.1, -0.05) is 12.1 Å². The molecule has 0 unspecified atom stereocenters. The van der Waals surface area contributed by atoms with Crippen LogP contribution in [0.25, 0.3) is 0 Å². The molecular formula is C13H20N2O3S. The molecule has 0 aliphatic heterocycles. The lowest BCUT2D eigenvalue weighted by Crippen LogP contribution is -2.31. The summed E-state index contributed by atoms with van der Waals surface area (Å²) >= 11 is 0. The highest BCUT2D eigenvalue weighted by Crippen LogP contribution is 2.61. The van der Waals surface area contributed by atoms with Crippen LogP contribution in [0.15, 0.2) is 24.3 Å². The van der Waals surface area contributed by atoms with Gasteiger partial charge in [-0.3, -0.25) is 0 Å². The third-order valence-electron chi connectivity index (χ3n) is 4.08. The fraction of sp³-hybridized carbons (Fsp3) is 0.538. The average Bonchev–Trinajstić information content (AvgIpc) is 3.09. The van der Waals surface area contributed by atoms with Crippen LogP contribution in [0.3, 0.4) is 0 Å². The molecule has 0 spiro atoms. The summed E-state index contributed by atoms with van der Waals surface area (Å²) in [6.07, 6.45) is 1.25. The molecule has 4 N–H and O–H groups in total. The number of sulfone groups is 1. The van der Waals surface area contributed by atoms with Gasteiger partial charge in [0, 0.05) is 30.7 Å². The molecule has 2 atom stereocenters. The van der Waals surface area contributed by atoms with Crippen LogP contribution in [0.2, 0.25) is 0 Å². The maximum atomic E-state index is 11.9. The van der Waals surface area contributed by atoms with Crippen LogP contribution in [0.1, 0.15) is 11.5 Å². The molecule has 0 bridgehead atoms. The summed E-state index contributed by atoms with van der Waals surface area (Å²) in [6, 6.07) is 7.42. The highest BCUT2D eigenvalue weighted by atomic mass is 32.2. The Bertz CT molecular complexity index is 550. The maximum absolute atomic E-state index is 11.9. The highest BCUT2D eigenvalue weighted by molar-refractivity contribution is 7.91. The van der Waals surface area contributed by atoms with E-state index in [4.69, 9.17) is 16.2 Å². The standard InChI is InChI=1S/C13H20N2O3S/c1-18-10-5-3-9(4-6-10)11-12(19(2,16)17)13(11,7-14)8-15/h3-6,11-12H,7-8,14-15H2,1-2H3/t11-,12-/m0/s1. The highest BCUT2D eigenvalue weighted by Gasteiger charge is 2.68. The molecule has 1 aliphatic carbocycles. The Morgan fingerprint density at radius 1 is 1.21 bits per heavy atom. The van der Waals surface area contributed by atoms with E-state index in [0.29, 0.717) is 0 Å². The van der Waals surface area contributed by atoms with E-state index >= 15 is 0 Å². The van der Waals surface area contributed by atoms with Crippen molar-refractivity contribution in [2.45, 2.75) is 11.2 Å². The van der Waals surface area contributed by atoms with Gasteiger partial charge in [0.05, 0.1) is 12.4 Å². The van der Waals surface area contributed by atoms with Crippen LogP contribution in [0.5, 0.6) is 5.75 Å². The van der Waals surface area contributed by atoms with E-state index in [1.807, 2.05) is 24.3 Å². The van der Waals surface area contributed by atoms with E-state index in [9.17, 15) is 8.42 Å². The van der Waals surface area contributed by atoms with E-state index in [0.717, 1.165) is 11.3 Å². The number of methoxy groups -OCH3 is 1. The summed E-state index contributed by atoms with van der Waals surface area (Å²) in [5.41, 5.74) is 12.0. The van der Waals surface area contributed by atoms with Gasteiger partial charge in [0.25, 0.3) is 0 Å². The monoisotopic (exact) mass is 284 g/mol. The van der Waals surface area contributed by atoms with E-state index < -0.39 is 20.5 Å². The van der Waals surface area contributed by atoms with Gasteiger partial charge in [0.2, 0.25) is 0 Å². The summed E-state index contributed by atoms with van der Waals surface area (Å²) in [4.78, 5) is 0. The zero-order valence-electron chi connectivity index (χ0n) is 11.2. The molecular weight excluding hydrogens is 264 g/mol. The third-order valence-corrected chi connectivity index (χ3v) is 5.74. The van der Waals surface area contributed by atoms with Crippen molar-refractivity contribution in [2.75, 3.05) is 26.5 Å². The topological polar surface area (TPSA) is 95.4 Å². The Kier molecular flexibility index (Phi) is 3.59. The summed E-state index contributed by atoms with van der Waals surface area (Å²) in [6.45, 7) is 0.551. The molecule has 0 heterocycles. The predicted molar refractivity (Wildman–Crippen MR) is 74.9 cm³/mol. The van der Waals surface area contributed by atoms with E-state index in [1.54, 1.807) is 7.11 Å². The van der Waals surface area contributed by atoms with Crippen molar-refractivity contribution in [2.24, 2.45) is 16.9 Å². The van der Waals surface area contributed by atoms with Gasteiger partial charge in [-0.25, -0.2) is 8.42 Å². The molecule has 0 saturated heterocycles. The minimum absolute atomic E-state index is 0.122. The normalized spacial score (nSPS) is 25.1. The van der Waals surface area contributed by atoms with Crippen LogP contribution in [0, 0.1) is 5.41 Å². The molecule has 5 nitrogen and oxygen atoms in total. The quantitative estimate of drug-likeness (QED) is 0.800. The second kappa shape index (κ2) is 4.77. The van der Waals surface area contributed by atoms with Gasteiger partial charge in [-0.15, -0.1) is 0 Å².